The molecule has 0 unspecified atom stereocenters. The van der Waals surface area contributed by atoms with Gasteiger partial charge >= 0.3 is 5.97 Å². The van der Waals surface area contributed by atoms with Gasteiger partial charge in [-0.05, 0) is 36.3 Å². The van der Waals surface area contributed by atoms with Crippen molar-refractivity contribution in [2.45, 2.75) is 20.8 Å². The van der Waals surface area contributed by atoms with Crippen molar-refractivity contribution in [2.75, 3.05) is 6.61 Å². The lowest BCUT2D eigenvalue weighted by Gasteiger charge is -2.18. The summed E-state index contributed by atoms with van der Waals surface area (Å²) in [6, 6.07) is 5.53. The lowest BCUT2D eigenvalue weighted by atomic mass is 9.90. The Hall–Kier alpha value is -2.00. The van der Waals surface area contributed by atoms with E-state index in [1.54, 1.807) is 19.1 Å². The first kappa shape index (κ1) is 16.4. The molecular weight excluding hydrogens is 300 g/mol. The molecule has 0 saturated heterocycles. The number of allylic oxidation sites excluding steroid dienone is 4. The Kier molecular flexibility index (Phi) is 4.77. The van der Waals surface area contributed by atoms with Crippen LogP contribution >= 0.6 is 11.6 Å². The maximum atomic E-state index is 10.7. The van der Waals surface area contributed by atoms with Gasteiger partial charge in [-0.2, -0.15) is 0 Å². The van der Waals surface area contributed by atoms with Crippen LogP contribution < -0.4 is 4.74 Å². The number of rotatable bonds is 3. The van der Waals surface area contributed by atoms with Gasteiger partial charge in [0, 0.05) is 22.1 Å². The molecule has 0 fully saturated rings. The van der Waals surface area contributed by atoms with Crippen LogP contribution in [0.2, 0.25) is 5.02 Å². The Morgan fingerprint density at radius 2 is 2.14 bits per heavy atom. The van der Waals surface area contributed by atoms with Crippen LogP contribution in [0.15, 0.2) is 48.1 Å². The zero-order chi connectivity index (χ0) is 16.3. The highest BCUT2D eigenvalue weighted by Gasteiger charge is 2.22. The summed E-state index contributed by atoms with van der Waals surface area (Å²) in [5.41, 5.74) is 2.42. The lowest BCUT2D eigenvalue weighted by molar-refractivity contribution is -0.131. The fourth-order valence-electron chi connectivity index (χ4n) is 2.26. The van der Waals surface area contributed by atoms with E-state index in [9.17, 15) is 4.79 Å². The largest absolute Gasteiger partial charge is 0.492 e. The van der Waals surface area contributed by atoms with Gasteiger partial charge in [0.15, 0.2) is 0 Å². The Labute approximate surface area is 135 Å². The zero-order valence-electron chi connectivity index (χ0n) is 12.9. The molecule has 1 aliphatic rings. The molecule has 0 aliphatic carbocycles. The molecule has 22 heavy (non-hydrogen) atoms. The molecule has 4 heteroatoms. The van der Waals surface area contributed by atoms with Gasteiger partial charge in [0.2, 0.25) is 0 Å². The molecule has 1 N–H and O–H groups in total. The molecule has 3 nitrogen and oxygen atoms in total. The Morgan fingerprint density at radius 3 is 2.82 bits per heavy atom. The van der Waals surface area contributed by atoms with Gasteiger partial charge in [-0.1, -0.05) is 43.7 Å². The van der Waals surface area contributed by atoms with Crippen LogP contribution in [0.3, 0.4) is 0 Å². The van der Waals surface area contributed by atoms with Gasteiger partial charge in [0.05, 0.1) is 6.61 Å². The highest BCUT2D eigenvalue weighted by molar-refractivity contribution is 6.30. The fourth-order valence-corrected chi connectivity index (χ4v) is 2.43. The molecule has 1 heterocycles. The van der Waals surface area contributed by atoms with Crippen LogP contribution in [0, 0.1) is 5.41 Å². The summed E-state index contributed by atoms with van der Waals surface area (Å²) in [5.74, 6) is -0.171. The van der Waals surface area contributed by atoms with E-state index < -0.39 is 5.97 Å². The van der Waals surface area contributed by atoms with Crippen molar-refractivity contribution < 1.29 is 14.6 Å². The van der Waals surface area contributed by atoms with Crippen LogP contribution in [0.25, 0.3) is 5.57 Å². The van der Waals surface area contributed by atoms with Gasteiger partial charge in [0.1, 0.15) is 5.75 Å². The van der Waals surface area contributed by atoms with Crippen LogP contribution in [-0.4, -0.2) is 17.7 Å². The summed E-state index contributed by atoms with van der Waals surface area (Å²) in [7, 11) is 0. The van der Waals surface area contributed by atoms with Gasteiger partial charge in [-0.25, -0.2) is 4.79 Å². The lowest BCUT2D eigenvalue weighted by Crippen LogP contribution is -2.17. The van der Waals surface area contributed by atoms with Gasteiger partial charge < -0.3 is 9.84 Å². The molecule has 0 amide bonds. The van der Waals surface area contributed by atoms with Crippen molar-refractivity contribution in [2.24, 2.45) is 5.41 Å². The predicted octanol–water partition coefficient (Wildman–Crippen LogP) is 4.73. The Balaban J connectivity index is 2.46. The summed E-state index contributed by atoms with van der Waals surface area (Å²) in [4.78, 5) is 10.7. The molecule has 0 aromatic heterocycles. The maximum Gasteiger partial charge on any atom is 0.328 e. The number of carboxylic acids is 1. The molecule has 0 radical (unpaired) electrons. The number of hydrogen-bond donors (Lipinski definition) is 1. The minimum absolute atomic E-state index is 0.129. The molecule has 2 rings (SSSR count). The van der Waals surface area contributed by atoms with Crippen molar-refractivity contribution >= 4 is 23.1 Å². The van der Waals surface area contributed by atoms with E-state index in [2.05, 4.69) is 19.9 Å². The molecule has 1 aromatic carbocycles. The van der Waals surface area contributed by atoms with E-state index in [1.165, 1.54) is 6.08 Å². The number of benzene rings is 1. The quantitative estimate of drug-likeness (QED) is 0.647. The minimum atomic E-state index is -0.955. The number of halogens is 1. The molecule has 116 valence electrons. The van der Waals surface area contributed by atoms with Crippen LogP contribution in [0.4, 0.5) is 0 Å². The number of carboxylic acid groups (broad SMARTS) is 1. The highest BCUT2D eigenvalue weighted by atomic mass is 35.5. The van der Waals surface area contributed by atoms with Crippen LogP contribution in [-0.2, 0) is 4.79 Å². The van der Waals surface area contributed by atoms with E-state index in [0.29, 0.717) is 17.2 Å². The first-order chi connectivity index (χ1) is 10.3. The number of aliphatic carboxylic acids is 1. The highest BCUT2D eigenvalue weighted by Crippen LogP contribution is 2.37. The Bertz CT molecular complexity index is 682. The first-order valence-corrected chi connectivity index (χ1v) is 7.39. The molecule has 1 aliphatic heterocycles. The second kappa shape index (κ2) is 6.41. The van der Waals surface area contributed by atoms with Crippen LogP contribution in [0.5, 0.6) is 5.75 Å². The summed E-state index contributed by atoms with van der Waals surface area (Å²) in [6.07, 6.45) is 6.99. The van der Waals surface area contributed by atoms with E-state index in [-0.39, 0.29) is 5.41 Å². The SMILES string of the molecule is CC(/C=C/C1=CC(C)(C)COc2ccc(Cl)cc21)=C\C(=O)O. The molecule has 0 bridgehead atoms. The maximum absolute atomic E-state index is 10.7. The average Bonchev–Trinajstić information content (AvgIpc) is 2.53. The standard InChI is InChI=1S/C18H19ClO3/c1-12(8-17(20)21)4-5-13-10-18(2,3)11-22-16-7-6-14(19)9-15(13)16/h4-10H,11H2,1-3H3,(H,20,21)/b5-4+,12-8+. The van der Waals surface area contributed by atoms with Crippen LogP contribution in [0.1, 0.15) is 26.3 Å². The number of carbonyl (C=O) groups is 1. The zero-order valence-corrected chi connectivity index (χ0v) is 13.6. The monoisotopic (exact) mass is 318 g/mol. The summed E-state index contributed by atoms with van der Waals surface area (Å²) in [6.45, 7) is 6.51. The third-order valence-corrected chi connectivity index (χ3v) is 3.51. The van der Waals surface area contributed by atoms with Gasteiger partial charge in [-0.3, -0.25) is 0 Å². The molecule has 0 spiro atoms. The van der Waals surface area contributed by atoms with Crippen molar-refractivity contribution in [3.63, 3.8) is 0 Å². The summed E-state index contributed by atoms with van der Waals surface area (Å²) >= 11 is 6.10. The summed E-state index contributed by atoms with van der Waals surface area (Å²) in [5, 5.41) is 9.42. The average molecular weight is 319 g/mol. The summed E-state index contributed by atoms with van der Waals surface area (Å²) < 4.78 is 5.87. The number of ether oxygens (including phenoxy) is 1. The molecular formula is C18H19ClO3. The number of hydrogen-bond acceptors (Lipinski definition) is 2. The van der Waals surface area contributed by atoms with Crippen molar-refractivity contribution in [3.8, 4) is 5.75 Å². The topological polar surface area (TPSA) is 46.5 Å². The van der Waals surface area contributed by atoms with E-state index in [0.717, 1.165) is 16.9 Å². The molecule has 0 saturated carbocycles. The van der Waals surface area contributed by atoms with Gasteiger partial charge in [-0.15, -0.1) is 0 Å². The Morgan fingerprint density at radius 1 is 1.41 bits per heavy atom. The van der Waals surface area contributed by atoms with Crippen molar-refractivity contribution in [1.29, 1.82) is 0 Å². The van der Waals surface area contributed by atoms with Gasteiger partial charge in [0.25, 0.3) is 0 Å². The minimum Gasteiger partial charge on any atom is -0.492 e. The van der Waals surface area contributed by atoms with E-state index in [4.69, 9.17) is 21.4 Å². The van der Waals surface area contributed by atoms with E-state index >= 15 is 0 Å². The fraction of sp³-hybridized carbons (Fsp3) is 0.278. The second-order valence-corrected chi connectivity index (χ2v) is 6.51. The van der Waals surface area contributed by atoms with E-state index in [1.807, 2.05) is 18.2 Å². The first-order valence-electron chi connectivity index (χ1n) is 7.02. The third-order valence-electron chi connectivity index (χ3n) is 3.28. The normalized spacial score (nSPS) is 17.5. The number of fused-ring (bicyclic) bond motifs is 1. The molecule has 1 aromatic rings. The molecule has 0 atom stereocenters. The van der Waals surface area contributed by atoms with Crippen molar-refractivity contribution in [1.82, 2.24) is 0 Å². The smallest absolute Gasteiger partial charge is 0.328 e. The second-order valence-electron chi connectivity index (χ2n) is 6.08. The third kappa shape index (κ3) is 4.25. The van der Waals surface area contributed by atoms with Crippen molar-refractivity contribution in [3.05, 3.63) is 58.7 Å². The predicted molar refractivity (Wildman–Crippen MR) is 89.2 cm³/mol.